The molecule has 0 bridgehead atoms. The predicted octanol–water partition coefficient (Wildman–Crippen LogP) is 3.03. The Hall–Kier alpha value is -1.69. The third-order valence-electron chi connectivity index (χ3n) is 2.85. The van der Waals surface area contributed by atoms with E-state index in [1.165, 1.54) is 11.8 Å². The van der Waals surface area contributed by atoms with Crippen LogP contribution in [0.3, 0.4) is 0 Å². The highest BCUT2D eigenvalue weighted by Crippen LogP contribution is 2.24. The number of hydrogen-bond donors (Lipinski definition) is 3. The zero-order valence-electron chi connectivity index (χ0n) is 11.7. The first-order chi connectivity index (χ1) is 9.58. The molecule has 1 unspecified atom stereocenters. The van der Waals surface area contributed by atoms with Gasteiger partial charge in [-0.1, -0.05) is 25.5 Å². The molecular weight excluding hydrogens is 276 g/mol. The first kappa shape index (κ1) is 16.4. The lowest BCUT2D eigenvalue weighted by Gasteiger charge is -2.14. The molecule has 0 saturated heterocycles. The number of aliphatic carboxylic acids is 1. The van der Waals surface area contributed by atoms with Crippen molar-refractivity contribution in [2.45, 2.75) is 24.7 Å². The van der Waals surface area contributed by atoms with Gasteiger partial charge in [-0.15, -0.1) is 11.8 Å². The number of hydrogen-bond acceptors (Lipinski definition) is 3. The van der Waals surface area contributed by atoms with E-state index >= 15 is 0 Å². The van der Waals surface area contributed by atoms with E-state index in [-0.39, 0.29) is 12.6 Å². The molecule has 0 heterocycles. The normalized spacial score (nSPS) is 11.7. The maximum Gasteiger partial charge on any atom is 0.319 e. The molecule has 0 saturated carbocycles. The average molecular weight is 296 g/mol. The molecule has 0 radical (unpaired) electrons. The van der Waals surface area contributed by atoms with E-state index in [0.29, 0.717) is 6.42 Å². The number of amides is 2. The quantitative estimate of drug-likeness (QED) is 0.676. The molecule has 110 valence electrons. The number of rotatable bonds is 7. The molecule has 1 aromatic rings. The van der Waals surface area contributed by atoms with Gasteiger partial charge in [0.15, 0.2) is 0 Å². The van der Waals surface area contributed by atoms with Crippen LogP contribution in [0.15, 0.2) is 29.2 Å². The van der Waals surface area contributed by atoms with Gasteiger partial charge in [0.1, 0.15) is 0 Å². The number of carboxylic acid groups (broad SMARTS) is 1. The second-order valence-corrected chi connectivity index (χ2v) is 5.21. The zero-order chi connectivity index (χ0) is 15.0. The summed E-state index contributed by atoms with van der Waals surface area (Å²) in [6.07, 6.45) is 3.26. The molecule has 0 aliphatic heterocycles. The fourth-order valence-corrected chi connectivity index (χ4v) is 2.35. The van der Waals surface area contributed by atoms with Crippen molar-refractivity contribution < 1.29 is 14.7 Å². The summed E-state index contributed by atoms with van der Waals surface area (Å²) in [4.78, 5) is 23.7. The topological polar surface area (TPSA) is 78.4 Å². The van der Waals surface area contributed by atoms with Crippen molar-refractivity contribution in [3.05, 3.63) is 24.3 Å². The van der Waals surface area contributed by atoms with Crippen molar-refractivity contribution in [2.75, 3.05) is 18.1 Å². The van der Waals surface area contributed by atoms with Crippen LogP contribution in [-0.2, 0) is 4.79 Å². The molecule has 1 rings (SSSR count). The van der Waals surface area contributed by atoms with Crippen LogP contribution in [0.5, 0.6) is 0 Å². The maximum absolute atomic E-state index is 11.8. The lowest BCUT2D eigenvalue weighted by molar-refractivity contribution is -0.141. The second-order valence-electron chi connectivity index (χ2n) is 4.36. The van der Waals surface area contributed by atoms with E-state index in [2.05, 4.69) is 10.6 Å². The zero-order valence-corrected chi connectivity index (χ0v) is 12.5. The number of benzene rings is 1. The lowest BCUT2D eigenvalue weighted by atomic mass is 10.0. The fraction of sp³-hybridized carbons (Fsp3) is 0.429. The molecule has 0 aromatic heterocycles. The van der Waals surface area contributed by atoms with Crippen molar-refractivity contribution >= 4 is 29.4 Å². The molecule has 0 aliphatic rings. The van der Waals surface area contributed by atoms with Crippen LogP contribution in [0.25, 0.3) is 0 Å². The third kappa shape index (κ3) is 5.13. The van der Waals surface area contributed by atoms with E-state index in [1.807, 2.05) is 37.4 Å². The minimum Gasteiger partial charge on any atom is -0.481 e. The van der Waals surface area contributed by atoms with Crippen molar-refractivity contribution in [2.24, 2.45) is 5.92 Å². The summed E-state index contributed by atoms with van der Waals surface area (Å²) in [5, 5.41) is 14.4. The highest BCUT2D eigenvalue weighted by Gasteiger charge is 2.17. The summed E-state index contributed by atoms with van der Waals surface area (Å²) in [7, 11) is 0. The molecule has 3 N–H and O–H groups in total. The highest BCUT2D eigenvalue weighted by molar-refractivity contribution is 7.98. The first-order valence-electron chi connectivity index (χ1n) is 6.49. The van der Waals surface area contributed by atoms with E-state index in [9.17, 15) is 9.59 Å². The summed E-state index contributed by atoms with van der Waals surface area (Å²) in [6.45, 7) is 2.06. The van der Waals surface area contributed by atoms with Gasteiger partial charge in [-0.3, -0.25) is 4.79 Å². The van der Waals surface area contributed by atoms with Crippen LogP contribution in [0.2, 0.25) is 0 Å². The van der Waals surface area contributed by atoms with Gasteiger partial charge in [-0.05, 0) is 24.8 Å². The monoisotopic (exact) mass is 296 g/mol. The standard InChI is InChI=1S/C14H20N2O3S/c1-3-6-10(13(17)18)9-15-14(19)16-11-7-4-5-8-12(11)20-2/h4-5,7-8,10H,3,6,9H2,1-2H3,(H,17,18)(H2,15,16,19). The van der Waals surface area contributed by atoms with E-state index < -0.39 is 11.9 Å². The number of nitrogens with one attached hydrogen (secondary N) is 2. The predicted molar refractivity (Wildman–Crippen MR) is 81.3 cm³/mol. The van der Waals surface area contributed by atoms with Gasteiger partial charge in [0.05, 0.1) is 11.6 Å². The SMILES string of the molecule is CCCC(CNC(=O)Nc1ccccc1SC)C(=O)O. The molecular formula is C14H20N2O3S. The summed E-state index contributed by atoms with van der Waals surface area (Å²) in [5.74, 6) is -1.42. The van der Waals surface area contributed by atoms with Crippen LogP contribution in [0, 0.1) is 5.92 Å². The van der Waals surface area contributed by atoms with Crippen LogP contribution in [0.4, 0.5) is 10.5 Å². The van der Waals surface area contributed by atoms with Gasteiger partial charge in [0.25, 0.3) is 0 Å². The number of carboxylic acids is 1. The summed E-state index contributed by atoms with van der Waals surface area (Å²) in [5.41, 5.74) is 0.722. The number of para-hydroxylation sites is 1. The number of thioether (sulfide) groups is 1. The largest absolute Gasteiger partial charge is 0.481 e. The van der Waals surface area contributed by atoms with Gasteiger partial charge in [-0.2, -0.15) is 0 Å². The van der Waals surface area contributed by atoms with Gasteiger partial charge in [0.2, 0.25) is 0 Å². The van der Waals surface area contributed by atoms with Crippen molar-refractivity contribution in [1.82, 2.24) is 5.32 Å². The average Bonchev–Trinajstić information content (AvgIpc) is 2.43. The third-order valence-corrected chi connectivity index (χ3v) is 3.65. The number of urea groups is 1. The molecule has 0 spiro atoms. The van der Waals surface area contributed by atoms with Crippen molar-refractivity contribution in [3.63, 3.8) is 0 Å². The summed E-state index contributed by atoms with van der Waals surface area (Å²) >= 11 is 1.54. The molecule has 20 heavy (non-hydrogen) atoms. The van der Waals surface area contributed by atoms with E-state index in [1.54, 1.807) is 0 Å². The fourth-order valence-electron chi connectivity index (χ4n) is 1.79. The molecule has 1 aromatic carbocycles. The minimum absolute atomic E-state index is 0.135. The number of carbonyl (C=O) groups excluding carboxylic acids is 1. The van der Waals surface area contributed by atoms with Crippen LogP contribution < -0.4 is 10.6 Å². The van der Waals surface area contributed by atoms with Crippen molar-refractivity contribution in [3.8, 4) is 0 Å². The number of anilines is 1. The van der Waals surface area contributed by atoms with Gasteiger partial charge in [-0.25, -0.2) is 4.79 Å². The second kappa shape index (κ2) is 8.47. The lowest BCUT2D eigenvalue weighted by Crippen LogP contribution is -2.35. The Balaban J connectivity index is 2.53. The van der Waals surface area contributed by atoms with Crippen LogP contribution >= 0.6 is 11.8 Å². The smallest absolute Gasteiger partial charge is 0.319 e. The minimum atomic E-state index is -0.878. The highest BCUT2D eigenvalue weighted by atomic mass is 32.2. The first-order valence-corrected chi connectivity index (χ1v) is 7.71. The Kier molecular flexibility index (Phi) is 6.93. The maximum atomic E-state index is 11.8. The van der Waals surface area contributed by atoms with Gasteiger partial charge in [0, 0.05) is 11.4 Å². The summed E-state index contributed by atoms with van der Waals surface area (Å²) in [6, 6.07) is 7.08. The van der Waals surface area contributed by atoms with Gasteiger partial charge >= 0.3 is 12.0 Å². The van der Waals surface area contributed by atoms with Crippen LogP contribution in [-0.4, -0.2) is 29.9 Å². The van der Waals surface area contributed by atoms with Crippen molar-refractivity contribution in [1.29, 1.82) is 0 Å². The molecule has 6 heteroatoms. The Labute approximate surface area is 123 Å². The molecule has 2 amide bonds. The molecule has 0 aliphatic carbocycles. The summed E-state index contributed by atoms with van der Waals surface area (Å²) < 4.78 is 0. The van der Waals surface area contributed by atoms with E-state index in [4.69, 9.17) is 5.11 Å². The Morgan fingerprint density at radius 3 is 2.65 bits per heavy atom. The molecule has 0 fully saturated rings. The van der Waals surface area contributed by atoms with E-state index in [0.717, 1.165) is 17.0 Å². The Morgan fingerprint density at radius 1 is 1.35 bits per heavy atom. The Morgan fingerprint density at radius 2 is 2.05 bits per heavy atom. The molecule has 1 atom stereocenters. The molecule has 5 nitrogen and oxygen atoms in total. The van der Waals surface area contributed by atoms with Crippen LogP contribution in [0.1, 0.15) is 19.8 Å². The number of carbonyl (C=O) groups is 2. The Bertz CT molecular complexity index is 465. The van der Waals surface area contributed by atoms with Gasteiger partial charge < -0.3 is 15.7 Å².